The van der Waals surface area contributed by atoms with Gasteiger partial charge in [-0.1, -0.05) is 24.3 Å². The lowest BCUT2D eigenvalue weighted by atomic mass is 10.1. The van der Waals surface area contributed by atoms with Gasteiger partial charge in [0.2, 0.25) is 5.82 Å². The van der Waals surface area contributed by atoms with Crippen LogP contribution in [0, 0.1) is 0 Å². The average Bonchev–Trinajstić information content (AvgIpc) is 3.01. The van der Waals surface area contributed by atoms with Crippen molar-refractivity contribution in [3.05, 3.63) is 29.8 Å². The van der Waals surface area contributed by atoms with E-state index < -0.39 is 0 Å². The van der Waals surface area contributed by atoms with E-state index in [1.165, 1.54) is 31.7 Å². The fraction of sp³-hybridized carbons (Fsp3) is 0.500. The molecule has 20 heavy (non-hydrogen) atoms. The molecular formula is C14H20N6. The zero-order valence-corrected chi connectivity index (χ0v) is 11.8. The van der Waals surface area contributed by atoms with Crippen molar-refractivity contribution in [3.8, 4) is 11.4 Å². The zero-order chi connectivity index (χ0) is 13.8. The Hall–Kier alpha value is -1.79. The van der Waals surface area contributed by atoms with Gasteiger partial charge in [-0.05, 0) is 24.2 Å². The Labute approximate surface area is 118 Å². The van der Waals surface area contributed by atoms with Crippen LogP contribution >= 0.6 is 0 Å². The van der Waals surface area contributed by atoms with Crippen molar-refractivity contribution in [2.24, 2.45) is 0 Å². The van der Waals surface area contributed by atoms with Crippen LogP contribution in [0.3, 0.4) is 0 Å². The second-order valence-electron chi connectivity index (χ2n) is 5.33. The molecule has 1 aromatic carbocycles. The summed E-state index contributed by atoms with van der Waals surface area (Å²) in [5, 5.41) is 14.0. The molecule has 0 atom stereocenters. The third-order valence-electron chi connectivity index (χ3n) is 3.87. The van der Waals surface area contributed by atoms with Crippen molar-refractivity contribution in [2.75, 3.05) is 39.8 Å². The first kappa shape index (κ1) is 13.2. The van der Waals surface area contributed by atoms with Crippen molar-refractivity contribution in [1.82, 2.24) is 30.4 Å². The van der Waals surface area contributed by atoms with Gasteiger partial charge in [0.25, 0.3) is 0 Å². The lowest BCUT2D eigenvalue weighted by Gasteiger charge is -2.32. The van der Waals surface area contributed by atoms with Crippen LogP contribution in [0.4, 0.5) is 0 Å². The van der Waals surface area contributed by atoms with Gasteiger partial charge in [0.15, 0.2) is 0 Å². The molecule has 106 valence electrons. The molecule has 0 unspecified atom stereocenters. The third-order valence-corrected chi connectivity index (χ3v) is 3.87. The first-order chi connectivity index (χ1) is 9.81. The first-order valence-corrected chi connectivity index (χ1v) is 7.05. The number of benzene rings is 1. The highest BCUT2D eigenvalue weighted by Gasteiger charge is 2.13. The summed E-state index contributed by atoms with van der Waals surface area (Å²) >= 11 is 0. The predicted octanol–water partition coefficient (Wildman–Crippen LogP) is 0.657. The van der Waals surface area contributed by atoms with Gasteiger partial charge in [-0.15, -0.1) is 10.2 Å². The van der Waals surface area contributed by atoms with Crippen LogP contribution < -0.4 is 0 Å². The number of hydrogen-bond acceptors (Lipinski definition) is 5. The van der Waals surface area contributed by atoms with Crippen LogP contribution in [-0.4, -0.2) is 70.2 Å². The SMILES string of the molecule is CN1CCN(CCc2ccc(-c3nn[nH]n3)cc2)CC1. The number of nitrogens with zero attached hydrogens (tertiary/aromatic N) is 5. The number of piperazine rings is 1. The van der Waals surface area contributed by atoms with Crippen molar-refractivity contribution < 1.29 is 0 Å². The smallest absolute Gasteiger partial charge is 0.204 e. The fourth-order valence-corrected chi connectivity index (χ4v) is 2.46. The molecule has 2 heterocycles. The molecule has 0 spiro atoms. The number of rotatable bonds is 4. The Bertz CT molecular complexity index is 513. The van der Waals surface area contributed by atoms with Gasteiger partial charge in [-0.2, -0.15) is 5.21 Å². The molecule has 1 aliphatic rings. The molecule has 6 nitrogen and oxygen atoms in total. The number of aromatic nitrogens is 4. The molecule has 0 radical (unpaired) electrons. The van der Waals surface area contributed by atoms with E-state index in [1.807, 2.05) is 0 Å². The maximum Gasteiger partial charge on any atom is 0.204 e. The second-order valence-corrected chi connectivity index (χ2v) is 5.33. The van der Waals surface area contributed by atoms with E-state index >= 15 is 0 Å². The molecule has 0 aliphatic carbocycles. The van der Waals surface area contributed by atoms with Crippen LogP contribution in [0.15, 0.2) is 24.3 Å². The third kappa shape index (κ3) is 3.20. The number of nitrogens with one attached hydrogen (secondary N) is 1. The minimum Gasteiger partial charge on any atom is -0.304 e. The van der Waals surface area contributed by atoms with Gasteiger partial charge in [0.1, 0.15) is 0 Å². The van der Waals surface area contributed by atoms with Crippen LogP contribution in [0.25, 0.3) is 11.4 Å². The first-order valence-electron chi connectivity index (χ1n) is 7.05. The Morgan fingerprint density at radius 3 is 2.50 bits per heavy atom. The molecule has 0 bridgehead atoms. The maximum absolute atomic E-state index is 3.98. The summed E-state index contributed by atoms with van der Waals surface area (Å²) in [5.41, 5.74) is 2.36. The van der Waals surface area contributed by atoms with E-state index in [0.717, 1.165) is 18.5 Å². The molecular weight excluding hydrogens is 252 g/mol. The number of tetrazole rings is 1. The van der Waals surface area contributed by atoms with Crippen LogP contribution in [0.2, 0.25) is 0 Å². The highest BCUT2D eigenvalue weighted by molar-refractivity contribution is 5.54. The summed E-state index contributed by atoms with van der Waals surface area (Å²) in [7, 11) is 2.19. The average molecular weight is 272 g/mol. The molecule has 1 N–H and O–H groups in total. The predicted molar refractivity (Wildman–Crippen MR) is 77.3 cm³/mol. The highest BCUT2D eigenvalue weighted by atomic mass is 15.5. The number of H-pyrrole nitrogens is 1. The normalized spacial score (nSPS) is 17.4. The van der Waals surface area contributed by atoms with Crippen molar-refractivity contribution in [3.63, 3.8) is 0 Å². The van der Waals surface area contributed by atoms with Crippen molar-refractivity contribution in [2.45, 2.75) is 6.42 Å². The molecule has 3 rings (SSSR count). The van der Waals surface area contributed by atoms with E-state index in [-0.39, 0.29) is 0 Å². The van der Waals surface area contributed by atoms with Gasteiger partial charge >= 0.3 is 0 Å². The molecule has 1 saturated heterocycles. The Morgan fingerprint density at radius 1 is 1.10 bits per heavy atom. The summed E-state index contributed by atoms with van der Waals surface area (Å²) in [5.74, 6) is 0.649. The minimum absolute atomic E-state index is 0.649. The molecule has 1 aromatic heterocycles. The van der Waals surface area contributed by atoms with Crippen molar-refractivity contribution >= 4 is 0 Å². The van der Waals surface area contributed by atoms with Gasteiger partial charge in [-0.3, -0.25) is 0 Å². The standard InChI is InChI=1S/C14H20N6/c1-19-8-10-20(11-9-19)7-6-12-2-4-13(5-3-12)14-15-17-18-16-14/h2-5H,6-11H2,1H3,(H,15,16,17,18). The number of aromatic amines is 1. The maximum atomic E-state index is 3.98. The Balaban J connectivity index is 1.53. The molecule has 0 saturated carbocycles. The summed E-state index contributed by atoms with van der Waals surface area (Å²) in [4.78, 5) is 4.92. The fourth-order valence-electron chi connectivity index (χ4n) is 2.46. The van der Waals surface area contributed by atoms with Gasteiger partial charge in [0, 0.05) is 38.3 Å². The summed E-state index contributed by atoms with van der Waals surface area (Å²) in [6.45, 7) is 5.85. The van der Waals surface area contributed by atoms with Gasteiger partial charge in [-0.25, -0.2) is 0 Å². The van der Waals surface area contributed by atoms with E-state index in [2.05, 4.69) is 61.7 Å². The van der Waals surface area contributed by atoms with Crippen LogP contribution in [0.5, 0.6) is 0 Å². The summed E-state index contributed by atoms with van der Waals surface area (Å²) in [6.07, 6.45) is 1.09. The zero-order valence-electron chi connectivity index (χ0n) is 11.8. The minimum atomic E-state index is 0.649. The largest absolute Gasteiger partial charge is 0.304 e. The highest BCUT2D eigenvalue weighted by Crippen LogP contribution is 2.14. The molecule has 6 heteroatoms. The van der Waals surface area contributed by atoms with Crippen molar-refractivity contribution in [1.29, 1.82) is 0 Å². The molecule has 1 aliphatic heterocycles. The lowest BCUT2D eigenvalue weighted by molar-refractivity contribution is 0.155. The quantitative estimate of drug-likeness (QED) is 0.886. The summed E-state index contributed by atoms with van der Waals surface area (Å²) in [6, 6.07) is 8.43. The Morgan fingerprint density at radius 2 is 1.85 bits per heavy atom. The molecule has 2 aromatic rings. The lowest BCUT2D eigenvalue weighted by Crippen LogP contribution is -2.45. The van der Waals surface area contributed by atoms with E-state index in [4.69, 9.17) is 0 Å². The molecule has 0 amide bonds. The monoisotopic (exact) mass is 272 g/mol. The number of hydrogen-bond donors (Lipinski definition) is 1. The molecule has 1 fully saturated rings. The summed E-state index contributed by atoms with van der Waals surface area (Å²) < 4.78 is 0. The van der Waals surface area contributed by atoms with E-state index in [9.17, 15) is 0 Å². The van der Waals surface area contributed by atoms with Gasteiger partial charge in [0.05, 0.1) is 0 Å². The van der Waals surface area contributed by atoms with E-state index in [1.54, 1.807) is 0 Å². The number of likely N-dealkylation sites (N-methyl/N-ethyl adjacent to an activating group) is 1. The Kier molecular flexibility index (Phi) is 4.03. The van der Waals surface area contributed by atoms with Crippen LogP contribution in [-0.2, 0) is 6.42 Å². The van der Waals surface area contributed by atoms with E-state index in [0.29, 0.717) is 5.82 Å². The topological polar surface area (TPSA) is 60.9 Å². The second kappa shape index (κ2) is 6.11. The van der Waals surface area contributed by atoms with Gasteiger partial charge < -0.3 is 9.80 Å². The van der Waals surface area contributed by atoms with Crippen LogP contribution in [0.1, 0.15) is 5.56 Å².